The van der Waals surface area contributed by atoms with Crippen LogP contribution in [0.2, 0.25) is 0 Å². The van der Waals surface area contributed by atoms with E-state index in [9.17, 15) is 24.0 Å². The first-order valence-electron chi connectivity index (χ1n) is 10.1. The van der Waals surface area contributed by atoms with Gasteiger partial charge in [-0.25, -0.2) is 4.79 Å². The highest BCUT2D eigenvalue weighted by molar-refractivity contribution is 5.94. The van der Waals surface area contributed by atoms with Crippen molar-refractivity contribution in [1.29, 1.82) is 0 Å². The van der Waals surface area contributed by atoms with Crippen LogP contribution in [0.3, 0.4) is 0 Å². The van der Waals surface area contributed by atoms with Crippen LogP contribution in [0.25, 0.3) is 0 Å². The van der Waals surface area contributed by atoms with Crippen LogP contribution in [0, 0.1) is 11.8 Å². The molecule has 0 aliphatic rings. The SMILES string of the molecule is CCC(C)C(N)C(=O)NC(C(=O)NC(CCC(=O)O)C(=O)NC(CO)C(=O)O)C(C)C. The molecule has 0 fully saturated rings. The van der Waals surface area contributed by atoms with Crippen LogP contribution >= 0.6 is 0 Å². The van der Waals surface area contributed by atoms with Gasteiger partial charge in [-0.15, -0.1) is 0 Å². The van der Waals surface area contributed by atoms with Crippen molar-refractivity contribution in [1.82, 2.24) is 16.0 Å². The zero-order valence-electron chi connectivity index (χ0n) is 18.3. The Kier molecular flexibility index (Phi) is 12.4. The summed E-state index contributed by atoms with van der Waals surface area (Å²) in [7, 11) is 0. The van der Waals surface area contributed by atoms with Gasteiger partial charge in [0.1, 0.15) is 18.1 Å². The van der Waals surface area contributed by atoms with E-state index in [1.807, 2.05) is 12.2 Å². The van der Waals surface area contributed by atoms with Crippen molar-refractivity contribution in [3.05, 3.63) is 0 Å². The Labute approximate surface area is 180 Å². The van der Waals surface area contributed by atoms with Crippen molar-refractivity contribution in [2.24, 2.45) is 17.6 Å². The molecule has 5 unspecified atom stereocenters. The van der Waals surface area contributed by atoms with Crippen molar-refractivity contribution in [3.8, 4) is 0 Å². The van der Waals surface area contributed by atoms with Crippen molar-refractivity contribution in [3.63, 3.8) is 0 Å². The van der Waals surface area contributed by atoms with Gasteiger partial charge in [-0.1, -0.05) is 34.1 Å². The second-order valence-electron chi connectivity index (χ2n) is 7.72. The minimum atomic E-state index is -1.62. The molecule has 178 valence electrons. The van der Waals surface area contributed by atoms with Gasteiger partial charge in [0.05, 0.1) is 12.6 Å². The van der Waals surface area contributed by atoms with Crippen molar-refractivity contribution in [2.45, 2.75) is 71.1 Å². The molecule has 0 rings (SSSR count). The molecule has 31 heavy (non-hydrogen) atoms. The van der Waals surface area contributed by atoms with E-state index in [2.05, 4.69) is 10.6 Å². The summed E-state index contributed by atoms with van der Waals surface area (Å²) in [5, 5.41) is 33.9. The van der Waals surface area contributed by atoms with Gasteiger partial charge in [0, 0.05) is 6.42 Å². The molecule has 0 heterocycles. The van der Waals surface area contributed by atoms with Crippen LogP contribution in [-0.4, -0.2) is 75.8 Å². The highest BCUT2D eigenvalue weighted by Crippen LogP contribution is 2.09. The number of carbonyl (C=O) groups is 5. The van der Waals surface area contributed by atoms with Gasteiger partial charge in [-0.3, -0.25) is 19.2 Å². The zero-order chi connectivity index (χ0) is 24.3. The summed E-state index contributed by atoms with van der Waals surface area (Å²) in [6.45, 7) is 6.10. The van der Waals surface area contributed by atoms with E-state index in [0.29, 0.717) is 6.42 Å². The summed E-state index contributed by atoms with van der Waals surface area (Å²) in [6, 6.07) is -4.91. The van der Waals surface area contributed by atoms with E-state index in [4.69, 9.17) is 21.1 Å². The average Bonchev–Trinajstić information content (AvgIpc) is 2.70. The van der Waals surface area contributed by atoms with Gasteiger partial charge < -0.3 is 37.0 Å². The van der Waals surface area contributed by atoms with Crippen molar-refractivity contribution >= 4 is 29.7 Å². The molecule has 0 aromatic rings. The fraction of sp³-hybridized carbons (Fsp3) is 0.737. The van der Waals surface area contributed by atoms with Crippen molar-refractivity contribution in [2.75, 3.05) is 6.61 Å². The Balaban J connectivity index is 5.44. The third-order valence-electron chi connectivity index (χ3n) is 4.88. The van der Waals surface area contributed by atoms with Gasteiger partial charge in [0.2, 0.25) is 17.7 Å². The summed E-state index contributed by atoms with van der Waals surface area (Å²) in [6.07, 6.45) is -0.150. The van der Waals surface area contributed by atoms with E-state index in [1.165, 1.54) is 0 Å². The fourth-order valence-corrected chi connectivity index (χ4v) is 2.55. The number of carboxylic acids is 2. The second kappa shape index (κ2) is 13.5. The fourth-order valence-electron chi connectivity index (χ4n) is 2.55. The summed E-state index contributed by atoms with van der Waals surface area (Å²) < 4.78 is 0. The van der Waals surface area contributed by atoms with Crippen LogP contribution in [0.15, 0.2) is 0 Å². The minimum Gasteiger partial charge on any atom is -0.481 e. The van der Waals surface area contributed by atoms with E-state index in [0.717, 1.165) is 0 Å². The molecule has 0 spiro atoms. The predicted molar refractivity (Wildman–Crippen MR) is 110 cm³/mol. The monoisotopic (exact) mass is 446 g/mol. The Hall–Kier alpha value is -2.73. The Morgan fingerprint density at radius 2 is 1.42 bits per heavy atom. The predicted octanol–water partition coefficient (Wildman–Crippen LogP) is -1.59. The standard InChI is InChI=1S/C19H34N4O8/c1-5-10(4)14(20)17(28)23-15(9(2)3)18(29)21-11(6-7-13(25)26)16(27)22-12(8-24)19(30)31/h9-12,14-15,24H,5-8,20H2,1-4H3,(H,21,29)(H,22,27)(H,23,28)(H,25,26)(H,30,31). The molecular weight excluding hydrogens is 412 g/mol. The summed E-state index contributed by atoms with van der Waals surface area (Å²) in [4.78, 5) is 59.5. The molecule has 0 saturated carbocycles. The van der Waals surface area contributed by atoms with Gasteiger partial charge >= 0.3 is 11.9 Å². The molecule has 5 atom stereocenters. The van der Waals surface area contributed by atoms with Gasteiger partial charge in [-0.2, -0.15) is 0 Å². The lowest BCUT2D eigenvalue weighted by Crippen LogP contribution is -2.59. The number of rotatable bonds is 14. The summed E-state index contributed by atoms with van der Waals surface area (Å²) in [5.74, 6) is -5.50. The molecular formula is C19H34N4O8. The van der Waals surface area contributed by atoms with Crippen LogP contribution in [0.4, 0.5) is 0 Å². The normalized spacial score (nSPS) is 15.8. The largest absolute Gasteiger partial charge is 0.481 e. The number of hydrogen-bond donors (Lipinski definition) is 7. The topological polar surface area (TPSA) is 208 Å². The van der Waals surface area contributed by atoms with Crippen LogP contribution in [0.1, 0.15) is 47.0 Å². The van der Waals surface area contributed by atoms with E-state index in [-0.39, 0.29) is 18.3 Å². The zero-order valence-corrected chi connectivity index (χ0v) is 18.3. The first-order valence-corrected chi connectivity index (χ1v) is 10.1. The molecule has 12 heteroatoms. The number of hydrogen-bond acceptors (Lipinski definition) is 7. The maximum atomic E-state index is 12.8. The lowest BCUT2D eigenvalue weighted by atomic mass is 9.97. The molecule has 0 aromatic heterocycles. The first kappa shape index (κ1) is 28.3. The molecule has 0 aromatic carbocycles. The molecule has 0 saturated heterocycles. The number of aliphatic hydroxyl groups excluding tert-OH is 1. The van der Waals surface area contributed by atoms with E-state index < -0.39 is 66.9 Å². The number of nitrogens with two attached hydrogens (primary N) is 1. The quantitative estimate of drug-likeness (QED) is 0.164. The van der Waals surface area contributed by atoms with Gasteiger partial charge in [-0.05, 0) is 18.3 Å². The Bertz CT molecular complexity index is 655. The van der Waals surface area contributed by atoms with Crippen LogP contribution in [-0.2, 0) is 24.0 Å². The highest BCUT2D eigenvalue weighted by Gasteiger charge is 2.32. The number of aliphatic hydroxyl groups is 1. The lowest BCUT2D eigenvalue weighted by Gasteiger charge is -2.27. The third kappa shape index (κ3) is 9.75. The number of carboxylic acid groups (broad SMARTS) is 2. The summed E-state index contributed by atoms with van der Waals surface area (Å²) >= 11 is 0. The molecule has 3 amide bonds. The Morgan fingerprint density at radius 3 is 1.84 bits per heavy atom. The Morgan fingerprint density at radius 1 is 0.871 bits per heavy atom. The van der Waals surface area contributed by atoms with Gasteiger partial charge in [0.15, 0.2) is 0 Å². The highest BCUT2D eigenvalue weighted by atomic mass is 16.4. The minimum absolute atomic E-state index is 0.128. The number of aliphatic carboxylic acids is 2. The third-order valence-corrected chi connectivity index (χ3v) is 4.88. The maximum absolute atomic E-state index is 12.8. The number of carbonyl (C=O) groups excluding carboxylic acids is 3. The maximum Gasteiger partial charge on any atom is 0.328 e. The van der Waals surface area contributed by atoms with E-state index >= 15 is 0 Å². The second-order valence-corrected chi connectivity index (χ2v) is 7.72. The van der Waals surface area contributed by atoms with Crippen molar-refractivity contribution < 1.29 is 39.3 Å². The average molecular weight is 447 g/mol. The number of nitrogens with one attached hydrogen (secondary N) is 3. The number of amides is 3. The molecule has 0 aliphatic carbocycles. The molecule has 0 aliphatic heterocycles. The molecule has 12 nitrogen and oxygen atoms in total. The van der Waals surface area contributed by atoms with E-state index in [1.54, 1.807) is 20.8 Å². The van der Waals surface area contributed by atoms with Gasteiger partial charge in [0.25, 0.3) is 0 Å². The molecule has 8 N–H and O–H groups in total. The first-order chi connectivity index (χ1) is 14.3. The smallest absolute Gasteiger partial charge is 0.328 e. The molecule has 0 radical (unpaired) electrons. The lowest BCUT2D eigenvalue weighted by molar-refractivity contribution is -0.144. The van der Waals surface area contributed by atoms with Crippen LogP contribution in [0.5, 0.6) is 0 Å². The van der Waals surface area contributed by atoms with Crippen LogP contribution < -0.4 is 21.7 Å². The molecule has 0 bridgehead atoms. The summed E-state index contributed by atoms with van der Waals surface area (Å²) in [5.41, 5.74) is 5.90.